The molecule has 80 valence electrons. The molecule has 3 nitrogen and oxygen atoms in total. The first-order valence-electron chi connectivity index (χ1n) is 4.90. The van der Waals surface area contributed by atoms with Gasteiger partial charge >= 0.3 is 0 Å². The average Bonchev–Trinajstić information content (AvgIpc) is 2.20. The number of methoxy groups -OCH3 is 3. The highest BCUT2D eigenvalue weighted by Gasteiger charge is 2.28. The van der Waals surface area contributed by atoms with Gasteiger partial charge in [-0.25, -0.2) is 0 Å². The molecule has 0 aromatic rings. The Balaban J connectivity index is 3.68. The lowest BCUT2D eigenvalue weighted by molar-refractivity contribution is -0.355. The molecule has 0 N–H and O–H groups in total. The molecule has 0 aliphatic carbocycles. The van der Waals surface area contributed by atoms with Crippen molar-refractivity contribution in [3.63, 3.8) is 0 Å². The van der Waals surface area contributed by atoms with Gasteiger partial charge in [0.25, 0.3) is 5.97 Å². The summed E-state index contributed by atoms with van der Waals surface area (Å²) in [7, 11) is 6.14. The Labute approximate surface area is 84.2 Å². The summed E-state index contributed by atoms with van der Waals surface area (Å²) < 4.78 is 15.5. The van der Waals surface area contributed by atoms with Crippen molar-refractivity contribution in [1.82, 2.24) is 0 Å². The highest BCUT2D eigenvalue weighted by Crippen LogP contribution is 2.20. The monoisotopic (exact) mass is 206 g/mol. The van der Waals surface area contributed by atoms with E-state index in [0.717, 1.165) is 12.8 Å². The second-order valence-corrected chi connectivity index (χ2v) is 4.11. The molecule has 0 fully saturated rings. The van der Waals surface area contributed by atoms with E-state index in [2.05, 4.69) is 0 Å². The van der Waals surface area contributed by atoms with Gasteiger partial charge < -0.3 is 14.2 Å². The van der Waals surface area contributed by atoms with Crippen molar-refractivity contribution in [2.24, 2.45) is 0 Å². The molecule has 0 aliphatic heterocycles. The summed E-state index contributed by atoms with van der Waals surface area (Å²) in [5.74, 6) is -0.814. The van der Waals surface area contributed by atoms with Gasteiger partial charge in [0.2, 0.25) is 0 Å². The zero-order valence-corrected chi connectivity index (χ0v) is 11.3. The zero-order valence-electron chi connectivity index (χ0n) is 9.26. The van der Waals surface area contributed by atoms with Gasteiger partial charge in [0.05, 0.1) is 0 Å². The number of hydrogen-bond donors (Lipinski definition) is 0. The van der Waals surface area contributed by atoms with E-state index in [1.165, 1.54) is 29.1 Å². The van der Waals surface area contributed by atoms with Gasteiger partial charge in [0, 0.05) is 38.0 Å². The molecular formula is C9H22O3Si. The Morgan fingerprint density at radius 3 is 1.85 bits per heavy atom. The maximum atomic E-state index is 5.18. The SMILES string of the molecule is COC(CCCCC[SiH3])(OC)OC. The normalized spacial score (nSPS) is 12.2. The van der Waals surface area contributed by atoms with Crippen LogP contribution in [-0.2, 0) is 14.2 Å². The number of hydrogen-bond acceptors (Lipinski definition) is 3. The van der Waals surface area contributed by atoms with E-state index in [-0.39, 0.29) is 0 Å². The molecule has 0 aromatic carbocycles. The average molecular weight is 206 g/mol. The van der Waals surface area contributed by atoms with E-state index in [1.807, 2.05) is 0 Å². The van der Waals surface area contributed by atoms with Gasteiger partial charge in [-0.2, -0.15) is 0 Å². The standard InChI is InChI=1S/C9H22O3Si/c1-10-9(11-2,12-3)7-5-4-6-8-13/h4-8H2,1-3,13H3. The third kappa shape index (κ3) is 4.76. The van der Waals surface area contributed by atoms with E-state index in [4.69, 9.17) is 14.2 Å². The van der Waals surface area contributed by atoms with Crippen LogP contribution in [0, 0.1) is 0 Å². The van der Waals surface area contributed by atoms with Crippen molar-refractivity contribution in [1.29, 1.82) is 0 Å². The molecule has 0 unspecified atom stereocenters. The molecule has 13 heavy (non-hydrogen) atoms. The van der Waals surface area contributed by atoms with E-state index in [9.17, 15) is 0 Å². The molecule has 0 atom stereocenters. The fourth-order valence-electron chi connectivity index (χ4n) is 1.32. The second kappa shape index (κ2) is 7.50. The van der Waals surface area contributed by atoms with Crippen molar-refractivity contribution in [3.05, 3.63) is 0 Å². The van der Waals surface area contributed by atoms with E-state index in [0.29, 0.717) is 0 Å². The van der Waals surface area contributed by atoms with Crippen LogP contribution in [0.1, 0.15) is 25.7 Å². The Morgan fingerprint density at radius 2 is 1.46 bits per heavy atom. The third-order valence-electron chi connectivity index (χ3n) is 2.27. The Morgan fingerprint density at radius 1 is 0.923 bits per heavy atom. The maximum absolute atomic E-state index is 5.18. The second-order valence-electron chi connectivity index (χ2n) is 3.11. The van der Waals surface area contributed by atoms with Crippen LogP contribution in [0.15, 0.2) is 0 Å². The molecule has 0 amide bonds. The van der Waals surface area contributed by atoms with Gasteiger partial charge in [-0.3, -0.25) is 0 Å². The third-order valence-corrected chi connectivity index (χ3v) is 2.98. The maximum Gasteiger partial charge on any atom is 0.282 e. The van der Waals surface area contributed by atoms with E-state index >= 15 is 0 Å². The number of ether oxygens (including phenoxy) is 3. The minimum absolute atomic E-state index is 0.804. The minimum Gasteiger partial charge on any atom is -0.331 e. The van der Waals surface area contributed by atoms with Gasteiger partial charge in [-0.05, 0) is 6.42 Å². The van der Waals surface area contributed by atoms with Crippen LogP contribution in [0.4, 0.5) is 0 Å². The summed E-state index contributed by atoms with van der Waals surface area (Å²) in [4.78, 5) is 0. The van der Waals surface area contributed by atoms with Crippen molar-refractivity contribution in [2.45, 2.75) is 37.7 Å². The van der Waals surface area contributed by atoms with Crippen LogP contribution in [0.25, 0.3) is 0 Å². The molecule has 0 spiro atoms. The summed E-state index contributed by atoms with van der Waals surface area (Å²) in [5.41, 5.74) is 0. The fraction of sp³-hybridized carbons (Fsp3) is 1.00. The first-order chi connectivity index (χ1) is 6.24. The first-order valence-corrected chi connectivity index (χ1v) is 6.31. The van der Waals surface area contributed by atoms with Crippen molar-refractivity contribution in [2.75, 3.05) is 21.3 Å². The largest absolute Gasteiger partial charge is 0.331 e. The quantitative estimate of drug-likeness (QED) is 0.336. The molecule has 0 saturated heterocycles. The molecule has 0 aromatic heterocycles. The van der Waals surface area contributed by atoms with Crippen LogP contribution >= 0.6 is 0 Å². The highest BCUT2D eigenvalue weighted by atomic mass is 28.1. The molecule has 0 radical (unpaired) electrons. The predicted molar refractivity (Wildman–Crippen MR) is 57.0 cm³/mol. The summed E-state index contributed by atoms with van der Waals surface area (Å²) in [5, 5.41) is 0. The molecule has 0 heterocycles. The highest BCUT2D eigenvalue weighted by molar-refractivity contribution is 6.08. The lowest BCUT2D eigenvalue weighted by atomic mass is 10.2. The fourth-order valence-corrected chi connectivity index (χ4v) is 1.82. The topological polar surface area (TPSA) is 27.7 Å². The number of unbranched alkanes of at least 4 members (excludes halogenated alkanes) is 2. The van der Waals surface area contributed by atoms with E-state index < -0.39 is 5.97 Å². The van der Waals surface area contributed by atoms with Gasteiger partial charge in [-0.1, -0.05) is 18.9 Å². The zero-order chi connectivity index (χ0) is 10.2. The lowest BCUT2D eigenvalue weighted by Gasteiger charge is -2.28. The Hall–Kier alpha value is 0.0969. The summed E-state index contributed by atoms with van der Waals surface area (Å²) in [6.45, 7) is 0. The Bertz CT molecular complexity index is 107. The minimum atomic E-state index is -0.814. The van der Waals surface area contributed by atoms with Crippen LogP contribution in [0.3, 0.4) is 0 Å². The summed E-state index contributed by atoms with van der Waals surface area (Å²) >= 11 is 0. The van der Waals surface area contributed by atoms with Crippen molar-refractivity contribution >= 4 is 10.2 Å². The van der Waals surface area contributed by atoms with Crippen molar-refractivity contribution in [3.8, 4) is 0 Å². The summed E-state index contributed by atoms with van der Waals surface area (Å²) in [6.07, 6.45) is 4.45. The van der Waals surface area contributed by atoms with Crippen LogP contribution in [0.5, 0.6) is 0 Å². The Kier molecular flexibility index (Phi) is 7.55. The predicted octanol–water partition coefficient (Wildman–Crippen LogP) is 0.923. The molecule has 0 rings (SSSR count). The molecule has 0 aliphatic rings. The van der Waals surface area contributed by atoms with Crippen LogP contribution < -0.4 is 0 Å². The van der Waals surface area contributed by atoms with Gasteiger partial charge in [0.1, 0.15) is 0 Å². The van der Waals surface area contributed by atoms with Gasteiger partial charge in [0.15, 0.2) is 0 Å². The molecular weight excluding hydrogens is 184 g/mol. The molecule has 4 heteroatoms. The summed E-state index contributed by atoms with van der Waals surface area (Å²) in [6, 6.07) is 1.37. The molecule has 0 bridgehead atoms. The van der Waals surface area contributed by atoms with Crippen LogP contribution in [0.2, 0.25) is 6.04 Å². The van der Waals surface area contributed by atoms with Crippen LogP contribution in [-0.4, -0.2) is 37.5 Å². The van der Waals surface area contributed by atoms with Crippen molar-refractivity contribution < 1.29 is 14.2 Å². The smallest absolute Gasteiger partial charge is 0.282 e. The number of rotatable bonds is 8. The first kappa shape index (κ1) is 13.1. The molecule has 0 saturated carbocycles. The lowest BCUT2D eigenvalue weighted by Crippen LogP contribution is -2.35. The van der Waals surface area contributed by atoms with E-state index in [1.54, 1.807) is 21.3 Å². The van der Waals surface area contributed by atoms with Gasteiger partial charge in [-0.15, -0.1) is 0 Å².